The van der Waals surface area contributed by atoms with Crippen molar-refractivity contribution in [1.82, 2.24) is 19.7 Å². The van der Waals surface area contributed by atoms with E-state index in [1.54, 1.807) is 30.0 Å². The van der Waals surface area contributed by atoms with Crippen LogP contribution < -0.4 is 16.4 Å². The van der Waals surface area contributed by atoms with Gasteiger partial charge in [-0.3, -0.25) is 4.79 Å². The minimum absolute atomic E-state index is 0.0386. The lowest BCUT2D eigenvalue weighted by Gasteiger charge is -2.23. The molecule has 0 spiro atoms. The van der Waals surface area contributed by atoms with Crippen molar-refractivity contribution in [2.45, 2.75) is 13.8 Å². The summed E-state index contributed by atoms with van der Waals surface area (Å²) in [6, 6.07) is 0. The molecule has 0 bridgehead atoms. The van der Waals surface area contributed by atoms with Crippen LogP contribution in [0.5, 0.6) is 0 Å². The Hall–Kier alpha value is -2.31. The first-order valence-electron chi connectivity index (χ1n) is 5.99. The molecule has 0 fully saturated rings. The van der Waals surface area contributed by atoms with Gasteiger partial charge in [0.2, 0.25) is 5.91 Å². The first-order valence-corrected chi connectivity index (χ1v) is 5.99. The molecule has 7 heteroatoms. The average Bonchev–Trinajstić information content (AvgIpc) is 2.82. The number of carbonyl (C=O) groups is 1. The van der Waals surface area contributed by atoms with E-state index in [1.807, 2.05) is 13.8 Å². The molecule has 0 saturated heterocycles. The van der Waals surface area contributed by atoms with Gasteiger partial charge in [0.15, 0.2) is 11.5 Å². The number of nitrogens with two attached hydrogens (primary N) is 1. The average molecular weight is 262 g/mol. The molecule has 7 nitrogen and oxygen atoms in total. The summed E-state index contributed by atoms with van der Waals surface area (Å²) in [5, 5.41) is 5.78. The number of nitrogens with zero attached hydrogens (tertiary/aromatic N) is 3. The van der Waals surface area contributed by atoms with Crippen LogP contribution in [-0.4, -0.2) is 33.9 Å². The van der Waals surface area contributed by atoms with E-state index in [9.17, 15) is 4.79 Å². The fourth-order valence-corrected chi connectivity index (χ4v) is 1.79. The van der Waals surface area contributed by atoms with E-state index in [1.165, 1.54) is 0 Å². The SMILES string of the molecule is CNC(=O)C(C)(C)CNc1nc(N)cn2ccnc12. The highest BCUT2D eigenvalue weighted by atomic mass is 16.2. The van der Waals surface area contributed by atoms with Gasteiger partial charge in [-0.25, -0.2) is 9.97 Å². The molecular formula is C12H18N6O. The molecule has 0 saturated carbocycles. The second-order valence-electron chi connectivity index (χ2n) is 4.99. The number of nitrogen functional groups attached to an aromatic ring is 1. The molecular weight excluding hydrogens is 244 g/mol. The van der Waals surface area contributed by atoms with Gasteiger partial charge in [0, 0.05) is 26.0 Å². The molecule has 2 heterocycles. The summed E-state index contributed by atoms with van der Waals surface area (Å²) < 4.78 is 1.79. The van der Waals surface area contributed by atoms with Crippen molar-refractivity contribution in [3.05, 3.63) is 18.6 Å². The Labute approximate surface area is 111 Å². The smallest absolute Gasteiger partial charge is 0.227 e. The molecule has 0 aliphatic heterocycles. The quantitative estimate of drug-likeness (QED) is 0.745. The molecule has 0 radical (unpaired) electrons. The summed E-state index contributed by atoms with van der Waals surface area (Å²) in [6.07, 6.45) is 5.16. The van der Waals surface area contributed by atoms with Crippen molar-refractivity contribution >= 4 is 23.2 Å². The Balaban J connectivity index is 2.22. The number of amides is 1. The Bertz CT molecular complexity index is 603. The first-order chi connectivity index (χ1) is 8.94. The van der Waals surface area contributed by atoms with Crippen molar-refractivity contribution in [2.24, 2.45) is 5.41 Å². The zero-order valence-corrected chi connectivity index (χ0v) is 11.3. The largest absolute Gasteiger partial charge is 0.382 e. The fraction of sp³-hybridized carbons (Fsp3) is 0.417. The number of anilines is 2. The Morgan fingerprint density at radius 1 is 1.53 bits per heavy atom. The number of fused-ring (bicyclic) bond motifs is 1. The van der Waals surface area contributed by atoms with E-state index in [0.717, 1.165) is 0 Å². The van der Waals surface area contributed by atoms with Gasteiger partial charge in [-0.2, -0.15) is 0 Å². The second kappa shape index (κ2) is 4.75. The fourth-order valence-electron chi connectivity index (χ4n) is 1.79. The van der Waals surface area contributed by atoms with Gasteiger partial charge < -0.3 is 20.8 Å². The number of hydrogen-bond donors (Lipinski definition) is 3. The number of imidazole rings is 1. The summed E-state index contributed by atoms with van der Waals surface area (Å²) in [4.78, 5) is 20.1. The molecule has 2 rings (SSSR count). The lowest BCUT2D eigenvalue weighted by molar-refractivity contribution is -0.128. The summed E-state index contributed by atoms with van der Waals surface area (Å²) >= 11 is 0. The van der Waals surface area contributed by atoms with Gasteiger partial charge in [-0.1, -0.05) is 0 Å². The van der Waals surface area contributed by atoms with Crippen molar-refractivity contribution in [1.29, 1.82) is 0 Å². The highest BCUT2D eigenvalue weighted by Crippen LogP contribution is 2.19. The van der Waals surface area contributed by atoms with E-state index < -0.39 is 5.41 Å². The van der Waals surface area contributed by atoms with Gasteiger partial charge in [0.05, 0.1) is 11.6 Å². The number of aromatic nitrogens is 3. The molecule has 0 aromatic carbocycles. The summed E-state index contributed by atoms with van der Waals surface area (Å²) in [5.41, 5.74) is 5.86. The van der Waals surface area contributed by atoms with Crippen LogP contribution in [0.1, 0.15) is 13.8 Å². The summed E-state index contributed by atoms with van der Waals surface area (Å²) in [5.74, 6) is 0.927. The van der Waals surface area contributed by atoms with E-state index in [4.69, 9.17) is 5.73 Å². The molecule has 2 aromatic heterocycles. The first kappa shape index (κ1) is 13.1. The van der Waals surface area contributed by atoms with Crippen molar-refractivity contribution in [2.75, 3.05) is 24.6 Å². The predicted octanol–water partition coefficient (Wildman–Crippen LogP) is 0.496. The highest BCUT2D eigenvalue weighted by molar-refractivity contribution is 5.82. The van der Waals surface area contributed by atoms with Crippen LogP contribution >= 0.6 is 0 Å². The van der Waals surface area contributed by atoms with Crippen molar-refractivity contribution < 1.29 is 4.79 Å². The second-order valence-corrected chi connectivity index (χ2v) is 4.99. The maximum Gasteiger partial charge on any atom is 0.227 e. The van der Waals surface area contributed by atoms with Crippen molar-refractivity contribution in [3.8, 4) is 0 Å². The summed E-state index contributed by atoms with van der Waals surface area (Å²) in [6.45, 7) is 4.15. The maximum atomic E-state index is 11.7. The van der Waals surface area contributed by atoms with Crippen LogP contribution in [0, 0.1) is 5.41 Å². The molecule has 0 aliphatic carbocycles. The molecule has 0 atom stereocenters. The van der Waals surface area contributed by atoms with Crippen LogP contribution in [0.2, 0.25) is 0 Å². The van der Waals surface area contributed by atoms with Crippen LogP contribution in [0.3, 0.4) is 0 Å². The molecule has 0 aliphatic rings. The highest BCUT2D eigenvalue weighted by Gasteiger charge is 2.26. The van der Waals surface area contributed by atoms with E-state index in [0.29, 0.717) is 23.8 Å². The lowest BCUT2D eigenvalue weighted by atomic mass is 9.92. The Morgan fingerprint density at radius 3 is 2.95 bits per heavy atom. The van der Waals surface area contributed by atoms with Gasteiger partial charge in [0.25, 0.3) is 0 Å². The number of rotatable bonds is 4. The van der Waals surface area contributed by atoms with E-state index in [2.05, 4.69) is 20.6 Å². The maximum absolute atomic E-state index is 11.7. The third-order valence-electron chi connectivity index (χ3n) is 2.93. The normalized spacial score (nSPS) is 11.5. The number of nitrogens with one attached hydrogen (secondary N) is 2. The van der Waals surface area contributed by atoms with Crippen LogP contribution in [0.15, 0.2) is 18.6 Å². The van der Waals surface area contributed by atoms with E-state index in [-0.39, 0.29) is 5.91 Å². The van der Waals surface area contributed by atoms with Gasteiger partial charge in [-0.05, 0) is 13.8 Å². The minimum Gasteiger partial charge on any atom is -0.382 e. The molecule has 4 N–H and O–H groups in total. The minimum atomic E-state index is -0.551. The topological polar surface area (TPSA) is 97.3 Å². The van der Waals surface area contributed by atoms with Crippen LogP contribution in [0.25, 0.3) is 5.65 Å². The monoisotopic (exact) mass is 262 g/mol. The Kier molecular flexibility index (Phi) is 3.28. The Morgan fingerprint density at radius 2 is 2.26 bits per heavy atom. The number of carbonyl (C=O) groups excluding carboxylic acids is 1. The predicted molar refractivity (Wildman–Crippen MR) is 73.7 cm³/mol. The molecule has 2 aromatic rings. The van der Waals surface area contributed by atoms with Crippen LogP contribution in [0.4, 0.5) is 11.6 Å². The third kappa shape index (κ3) is 2.59. The zero-order chi connectivity index (χ0) is 14.0. The number of hydrogen-bond acceptors (Lipinski definition) is 5. The lowest BCUT2D eigenvalue weighted by Crippen LogP contribution is -2.39. The zero-order valence-electron chi connectivity index (χ0n) is 11.3. The van der Waals surface area contributed by atoms with E-state index >= 15 is 0 Å². The van der Waals surface area contributed by atoms with Crippen molar-refractivity contribution in [3.63, 3.8) is 0 Å². The van der Waals surface area contributed by atoms with Crippen LogP contribution in [-0.2, 0) is 4.79 Å². The molecule has 102 valence electrons. The van der Waals surface area contributed by atoms with Gasteiger partial charge in [-0.15, -0.1) is 0 Å². The summed E-state index contributed by atoms with van der Waals surface area (Å²) in [7, 11) is 1.62. The molecule has 19 heavy (non-hydrogen) atoms. The standard InChI is InChI=1S/C12H18N6O/c1-12(2,11(19)14-3)7-16-9-10-15-4-5-18(10)6-8(13)17-9/h4-6H,7,13H2,1-3H3,(H,14,19)(H,16,17). The van der Waals surface area contributed by atoms with Gasteiger partial charge >= 0.3 is 0 Å². The third-order valence-corrected chi connectivity index (χ3v) is 2.93. The molecule has 1 amide bonds. The van der Waals surface area contributed by atoms with Gasteiger partial charge in [0.1, 0.15) is 5.82 Å². The molecule has 0 unspecified atom stereocenters.